The molecule has 2 N–H and O–H groups in total. The molecule has 0 aliphatic heterocycles. The predicted molar refractivity (Wildman–Crippen MR) is 119 cm³/mol. The number of hydrogen-bond acceptors (Lipinski definition) is 5. The summed E-state index contributed by atoms with van der Waals surface area (Å²) in [6.07, 6.45) is 0.418. The van der Waals surface area contributed by atoms with Crippen molar-refractivity contribution < 1.29 is 9.59 Å². The third-order valence-electron chi connectivity index (χ3n) is 4.50. The summed E-state index contributed by atoms with van der Waals surface area (Å²) in [4.78, 5) is 23.8. The molecule has 0 saturated carbocycles. The number of nitrogens with one attached hydrogen (secondary N) is 2. The van der Waals surface area contributed by atoms with E-state index in [0.29, 0.717) is 29.6 Å². The van der Waals surface area contributed by atoms with Crippen LogP contribution in [0.2, 0.25) is 0 Å². The standard InChI is InChI=1S/C22H25N5O2S/c1-4-19(28)24-18-7-5-6-17(12-18)21-25-26-22(27(21)3)30-14-20(29)23-13-16-10-8-15(2)9-11-16/h5-12H,4,13-14H2,1-3H3,(H,23,29)(H,24,28). The molecule has 3 rings (SSSR count). The van der Waals surface area contributed by atoms with Gasteiger partial charge in [0.15, 0.2) is 11.0 Å². The topological polar surface area (TPSA) is 88.9 Å². The Kier molecular flexibility index (Phi) is 7.24. The summed E-state index contributed by atoms with van der Waals surface area (Å²) >= 11 is 1.33. The van der Waals surface area contributed by atoms with Gasteiger partial charge >= 0.3 is 0 Å². The van der Waals surface area contributed by atoms with E-state index in [4.69, 9.17) is 0 Å². The van der Waals surface area contributed by atoms with E-state index in [1.165, 1.54) is 17.3 Å². The Morgan fingerprint density at radius 2 is 1.83 bits per heavy atom. The molecule has 7 nitrogen and oxygen atoms in total. The Balaban J connectivity index is 1.58. The Bertz CT molecular complexity index is 1030. The van der Waals surface area contributed by atoms with Crippen molar-refractivity contribution in [1.82, 2.24) is 20.1 Å². The number of nitrogens with zero attached hydrogens (tertiary/aromatic N) is 3. The summed E-state index contributed by atoms with van der Waals surface area (Å²) < 4.78 is 1.85. The molecule has 8 heteroatoms. The number of aryl methyl sites for hydroxylation is 1. The smallest absolute Gasteiger partial charge is 0.230 e. The molecule has 0 aliphatic rings. The molecule has 0 aliphatic carbocycles. The lowest BCUT2D eigenvalue weighted by molar-refractivity contribution is -0.118. The van der Waals surface area contributed by atoms with Crippen molar-refractivity contribution in [2.45, 2.75) is 32.0 Å². The first-order valence-corrected chi connectivity index (χ1v) is 10.7. The molecular formula is C22H25N5O2S. The van der Waals surface area contributed by atoms with Gasteiger partial charge in [0, 0.05) is 31.3 Å². The minimum Gasteiger partial charge on any atom is -0.351 e. The highest BCUT2D eigenvalue weighted by atomic mass is 32.2. The van der Waals surface area contributed by atoms with Crippen molar-refractivity contribution in [1.29, 1.82) is 0 Å². The lowest BCUT2D eigenvalue weighted by Crippen LogP contribution is -2.24. The second-order valence-corrected chi connectivity index (χ2v) is 7.84. The van der Waals surface area contributed by atoms with E-state index in [9.17, 15) is 9.59 Å². The highest BCUT2D eigenvalue weighted by Gasteiger charge is 2.13. The van der Waals surface area contributed by atoms with Crippen molar-refractivity contribution in [2.24, 2.45) is 7.05 Å². The quantitative estimate of drug-likeness (QED) is 0.541. The Labute approximate surface area is 180 Å². The first kappa shape index (κ1) is 21.6. The molecule has 0 spiro atoms. The molecule has 1 heterocycles. The minimum atomic E-state index is -0.0607. The molecule has 0 fully saturated rings. The van der Waals surface area contributed by atoms with Crippen LogP contribution in [-0.2, 0) is 23.2 Å². The number of anilines is 1. The van der Waals surface area contributed by atoms with Crippen LogP contribution in [0.25, 0.3) is 11.4 Å². The van der Waals surface area contributed by atoms with Crippen molar-refractivity contribution in [3.8, 4) is 11.4 Å². The maximum atomic E-state index is 12.2. The van der Waals surface area contributed by atoms with Crippen molar-refractivity contribution in [3.63, 3.8) is 0 Å². The van der Waals surface area contributed by atoms with Gasteiger partial charge in [0.1, 0.15) is 0 Å². The van der Waals surface area contributed by atoms with Gasteiger partial charge in [-0.3, -0.25) is 9.59 Å². The van der Waals surface area contributed by atoms with Crippen LogP contribution < -0.4 is 10.6 Å². The molecule has 3 aromatic rings. The van der Waals surface area contributed by atoms with Crippen LogP contribution in [0.1, 0.15) is 24.5 Å². The summed E-state index contributed by atoms with van der Waals surface area (Å²) in [7, 11) is 1.86. The van der Waals surface area contributed by atoms with Gasteiger partial charge in [0.2, 0.25) is 11.8 Å². The fourth-order valence-corrected chi connectivity index (χ4v) is 3.51. The number of benzene rings is 2. The van der Waals surface area contributed by atoms with Crippen LogP contribution in [0, 0.1) is 6.92 Å². The first-order valence-electron chi connectivity index (χ1n) is 9.71. The van der Waals surface area contributed by atoms with E-state index in [0.717, 1.165) is 11.1 Å². The molecular weight excluding hydrogens is 398 g/mol. The highest BCUT2D eigenvalue weighted by molar-refractivity contribution is 7.99. The van der Waals surface area contributed by atoms with Crippen LogP contribution in [0.15, 0.2) is 53.7 Å². The second-order valence-electron chi connectivity index (χ2n) is 6.90. The zero-order valence-corrected chi connectivity index (χ0v) is 18.1. The van der Waals surface area contributed by atoms with Crippen molar-refractivity contribution in [2.75, 3.05) is 11.1 Å². The van der Waals surface area contributed by atoms with E-state index in [-0.39, 0.29) is 17.6 Å². The number of thioether (sulfide) groups is 1. The third-order valence-corrected chi connectivity index (χ3v) is 5.52. The molecule has 0 unspecified atom stereocenters. The van der Waals surface area contributed by atoms with Crippen molar-refractivity contribution in [3.05, 3.63) is 59.7 Å². The average Bonchev–Trinajstić information content (AvgIpc) is 3.12. The Morgan fingerprint density at radius 1 is 1.07 bits per heavy atom. The van der Waals surface area contributed by atoms with Crippen LogP contribution in [-0.4, -0.2) is 32.3 Å². The van der Waals surface area contributed by atoms with Crippen LogP contribution >= 0.6 is 11.8 Å². The first-order chi connectivity index (χ1) is 14.5. The lowest BCUT2D eigenvalue weighted by atomic mass is 10.1. The lowest BCUT2D eigenvalue weighted by Gasteiger charge is -2.08. The van der Waals surface area contributed by atoms with E-state index < -0.39 is 0 Å². The zero-order valence-electron chi connectivity index (χ0n) is 17.3. The number of aromatic nitrogens is 3. The van der Waals surface area contributed by atoms with Gasteiger partial charge in [0.05, 0.1) is 5.75 Å². The SMILES string of the molecule is CCC(=O)Nc1cccc(-c2nnc(SCC(=O)NCc3ccc(C)cc3)n2C)c1. The van der Waals surface area contributed by atoms with Gasteiger partial charge in [-0.25, -0.2) is 0 Å². The maximum absolute atomic E-state index is 12.2. The average molecular weight is 424 g/mol. The van der Waals surface area contributed by atoms with E-state index >= 15 is 0 Å². The minimum absolute atomic E-state index is 0.0435. The van der Waals surface area contributed by atoms with Gasteiger partial charge in [0.25, 0.3) is 0 Å². The number of amides is 2. The molecule has 0 atom stereocenters. The van der Waals surface area contributed by atoms with E-state index in [1.54, 1.807) is 0 Å². The Morgan fingerprint density at radius 3 is 2.57 bits per heavy atom. The highest BCUT2D eigenvalue weighted by Crippen LogP contribution is 2.24. The van der Waals surface area contributed by atoms with Crippen molar-refractivity contribution >= 4 is 29.3 Å². The van der Waals surface area contributed by atoms with Crippen LogP contribution in [0.4, 0.5) is 5.69 Å². The van der Waals surface area contributed by atoms with Crippen LogP contribution in [0.5, 0.6) is 0 Å². The maximum Gasteiger partial charge on any atom is 0.230 e. The van der Waals surface area contributed by atoms with Gasteiger partial charge in [-0.1, -0.05) is 60.6 Å². The molecule has 2 aromatic carbocycles. The summed E-state index contributed by atoms with van der Waals surface area (Å²) in [6, 6.07) is 15.5. The molecule has 2 amide bonds. The summed E-state index contributed by atoms with van der Waals surface area (Å²) in [5.41, 5.74) is 3.81. The van der Waals surface area contributed by atoms with E-state index in [1.807, 2.05) is 74.0 Å². The van der Waals surface area contributed by atoms with Gasteiger partial charge < -0.3 is 15.2 Å². The summed E-state index contributed by atoms with van der Waals surface area (Å²) in [5, 5.41) is 14.9. The Hall–Kier alpha value is -3.13. The van der Waals surface area contributed by atoms with Gasteiger partial charge in [-0.05, 0) is 24.6 Å². The summed E-state index contributed by atoms with van der Waals surface area (Å²) in [6.45, 7) is 4.34. The van der Waals surface area contributed by atoms with E-state index in [2.05, 4.69) is 20.8 Å². The fraction of sp³-hybridized carbons (Fsp3) is 0.273. The predicted octanol–water partition coefficient (Wildman–Crippen LogP) is 3.55. The third kappa shape index (κ3) is 5.70. The van der Waals surface area contributed by atoms with Gasteiger partial charge in [-0.15, -0.1) is 10.2 Å². The fourth-order valence-electron chi connectivity index (χ4n) is 2.77. The molecule has 156 valence electrons. The molecule has 1 aromatic heterocycles. The molecule has 0 radical (unpaired) electrons. The largest absolute Gasteiger partial charge is 0.351 e. The molecule has 30 heavy (non-hydrogen) atoms. The normalized spacial score (nSPS) is 10.6. The van der Waals surface area contributed by atoms with Gasteiger partial charge in [-0.2, -0.15) is 0 Å². The molecule has 0 bridgehead atoms. The zero-order chi connectivity index (χ0) is 21.5. The molecule has 0 saturated heterocycles. The number of carbonyl (C=O) groups is 2. The summed E-state index contributed by atoms with van der Waals surface area (Å²) in [5.74, 6) is 0.822. The monoisotopic (exact) mass is 423 g/mol. The number of rotatable bonds is 8. The second kappa shape index (κ2) is 10.1. The number of carbonyl (C=O) groups excluding carboxylic acids is 2. The van der Waals surface area contributed by atoms with Crippen LogP contribution in [0.3, 0.4) is 0 Å². The number of hydrogen-bond donors (Lipinski definition) is 2.